The van der Waals surface area contributed by atoms with E-state index in [1.165, 1.54) is 30.2 Å². The molecule has 1 aliphatic heterocycles. The van der Waals surface area contributed by atoms with Gasteiger partial charge >= 0.3 is 6.18 Å². The van der Waals surface area contributed by atoms with Gasteiger partial charge in [-0.2, -0.15) is 18.3 Å². The van der Waals surface area contributed by atoms with Crippen LogP contribution in [0.15, 0.2) is 18.5 Å². The molecule has 0 bridgehead atoms. The second-order valence-corrected chi connectivity index (χ2v) is 7.02. The van der Waals surface area contributed by atoms with Gasteiger partial charge in [-0.05, 0) is 62.1 Å². The van der Waals surface area contributed by atoms with E-state index >= 15 is 0 Å². The minimum atomic E-state index is -4.43. The summed E-state index contributed by atoms with van der Waals surface area (Å²) < 4.78 is 39.3. The minimum absolute atomic E-state index is 0.240. The summed E-state index contributed by atoms with van der Waals surface area (Å²) in [7, 11) is 0. The van der Waals surface area contributed by atoms with E-state index in [0.29, 0.717) is 11.3 Å². The molecule has 2 aliphatic rings. The van der Waals surface area contributed by atoms with E-state index in [1.807, 2.05) is 0 Å². The molecule has 7 heteroatoms. The van der Waals surface area contributed by atoms with Crippen LogP contribution in [0, 0.1) is 11.3 Å². The smallest absolute Gasteiger partial charge is 0.317 e. The lowest BCUT2D eigenvalue weighted by molar-refractivity contribution is -0.141. The number of nitrogens with one attached hydrogen (secondary N) is 1. The van der Waals surface area contributed by atoms with Gasteiger partial charge in [-0.3, -0.25) is 0 Å². The lowest BCUT2D eigenvalue weighted by atomic mass is 9.56. The third-order valence-electron chi connectivity index (χ3n) is 5.29. The van der Waals surface area contributed by atoms with Crippen LogP contribution >= 0.6 is 0 Å². The van der Waals surface area contributed by atoms with Crippen molar-refractivity contribution in [2.75, 3.05) is 13.1 Å². The molecule has 0 atom stereocenters. The van der Waals surface area contributed by atoms with Crippen molar-refractivity contribution in [2.24, 2.45) is 11.3 Å². The Bertz CT molecular complexity index is 708. The van der Waals surface area contributed by atoms with Crippen LogP contribution < -0.4 is 5.32 Å². The summed E-state index contributed by atoms with van der Waals surface area (Å²) in [5, 5.41) is 6.99. The zero-order valence-electron chi connectivity index (χ0n) is 12.7. The summed E-state index contributed by atoms with van der Waals surface area (Å²) in [4.78, 5) is 4.12. The first-order valence-electron chi connectivity index (χ1n) is 8.06. The van der Waals surface area contributed by atoms with E-state index in [-0.39, 0.29) is 5.65 Å². The molecule has 124 valence electrons. The van der Waals surface area contributed by atoms with E-state index < -0.39 is 11.9 Å². The molecule has 4 nitrogen and oxygen atoms in total. The number of fused-ring (bicyclic) bond motifs is 1. The van der Waals surface area contributed by atoms with E-state index in [2.05, 4.69) is 15.4 Å². The van der Waals surface area contributed by atoms with Gasteiger partial charge < -0.3 is 5.32 Å². The van der Waals surface area contributed by atoms with Crippen LogP contribution in [0.25, 0.3) is 5.65 Å². The van der Waals surface area contributed by atoms with Crippen molar-refractivity contribution in [3.8, 4) is 0 Å². The predicted molar refractivity (Wildman–Crippen MR) is 79.0 cm³/mol. The highest BCUT2D eigenvalue weighted by atomic mass is 19.4. The first-order chi connectivity index (χ1) is 10.9. The van der Waals surface area contributed by atoms with Gasteiger partial charge in [0.1, 0.15) is 0 Å². The van der Waals surface area contributed by atoms with Crippen molar-refractivity contribution in [3.05, 3.63) is 29.7 Å². The molecule has 0 unspecified atom stereocenters. The highest BCUT2D eigenvalue weighted by molar-refractivity contribution is 5.40. The van der Waals surface area contributed by atoms with Crippen LogP contribution in [0.4, 0.5) is 13.2 Å². The highest BCUT2D eigenvalue weighted by Crippen LogP contribution is 2.52. The molecular formula is C16H19F3N4. The second-order valence-electron chi connectivity index (χ2n) is 7.02. The first kappa shape index (κ1) is 14.9. The van der Waals surface area contributed by atoms with Crippen LogP contribution in [-0.4, -0.2) is 27.7 Å². The van der Waals surface area contributed by atoms with Crippen molar-refractivity contribution < 1.29 is 13.2 Å². The Kier molecular flexibility index (Phi) is 3.37. The average Bonchev–Trinajstić information content (AvgIpc) is 2.90. The summed E-state index contributed by atoms with van der Waals surface area (Å²) in [5.41, 5.74) is 0.829. The topological polar surface area (TPSA) is 42.2 Å². The van der Waals surface area contributed by atoms with Crippen LogP contribution in [0.1, 0.15) is 36.9 Å². The van der Waals surface area contributed by atoms with Gasteiger partial charge in [0.15, 0.2) is 11.3 Å². The molecule has 1 N–H and O–H groups in total. The molecule has 1 aliphatic carbocycles. The Balaban J connectivity index is 1.46. The molecule has 23 heavy (non-hydrogen) atoms. The number of hydrogen-bond acceptors (Lipinski definition) is 3. The van der Waals surface area contributed by atoms with E-state index in [9.17, 15) is 13.2 Å². The SMILES string of the molecule is FC(F)(F)c1cc2ncc(CC3CC4(CCNCC4)C3)cn2n1. The predicted octanol–water partition coefficient (Wildman–Crippen LogP) is 3.07. The maximum Gasteiger partial charge on any atom is 0.435 e. The third-order valence-corrected chi connectivity index (χ3v) is 5.29. The Morgan fingerprint density at radius 3 is 2.70 bits per heavy atom. The fourth-order valence-electron chi connectivity index (χ4n) is 4.17. The summed E-state index contributed by atoms with van der Waals surface area (Å²) >= 11 is 0. The van der Waals surface area contributed by atoms with E-state index in [0.717, 1.165) is 31.1 Å². The lowest BCUT2D eigenvalue weighted by Gasteiger charge is -2.50. The van der Waals surface area contributed by atoms with Crippen LogP contribution in [0.5, 0.6) is 0 Å². The quantitative estimate of drug-likeness (QED) is 0.923. The van der Waals surface area contributed by atoms with E-state index in [4.69, 9.17) is 0 Å². The van der Waals surface area contributed by atoms with Gasteiger partial charge in [0.05, 0.1) is 0 Å². The molecule has 2 aromatic heterocycles. The molecule has 0 radical (unpaired) electrons. The lowest BCUT2D eigenvalue weighted by Crippen LogP contribution is -2.45. The maximum atomic E-state index is 12.7. The first-order valence-corrected chi connectivity index (χ1v) is 8.06. The molecule has 1 saturated carbocycles. The Hall–Kier alpha value is -1.63. The number of rotatable bonds is 2. The number of hydrogen-bond donors (Lipinski definition) is 1. The molecule has 4 rings (SSSR count). The fraction of sp³-hybridized carbons (Fsp3) is 0.625. The number of piperidine rings is 1. The normalized spacial score (nSPS) is 21.7. The standard InChI is InChI=1S/C16H19F3N4/c17-16(18,19)13-6-14-21-9-12(10-23(14)22-13)5-11-7-15(8-11)1-3-20-4-2-15/h6,9-11,20H,1-5,7-8H2. The summed E-state index contributed by atoms with van der Waals surface area (Å²) in [5.74, 6) is 0.616. The second kappa shape index (κ2) is 5.19. The largest absolute Gasteiger partial charge is 0.435 e. The minimum Gasteiger partial charge on any atom is -0.317 e. The Labute approximate surface area is 132 Å². The number of nitrogens with zero attached hydrogens (tertiary/aromatic N) is 3. The molecular weight excluding hydrogens is 305 g/mol. The fourth-order valence-corrected chi connectivity index (χ4v) is 4.17. The van der Waals surface area contributed by atoms with Crippen molar-refractivity contribution in [1.29, 1.82) is 0 Å². The molecule has 0 aromatic carbocycles. The Morgan fingerprint density at radius 1 is 1.26 bits per heavy atom. The van der Waals surface area contributed by atoms with Gasteiger partial charge in [-0.25, -0.2) is 9.50 Å². The Morgan fingerprint density at radius 2 is 2.00 bits per heavy atom. The summed E-state index contributed by atoms with van der Waals surface area (Å²) in [6.07, 6.45) is 4.75. The third kappa shape index (κ3) is 2.82. The van der Waals surface area contributed by atoms with Crippen molar-refractivity contribution in [2.45, 2.75) is 38.3 Å². The van der Waals surface area contributed by atoms with Crippen molar-refractivity contribution >= 4 is 5.65 Å². The van der Waals surface area contributed by atoms with Crippen LogP contribution in [0.3, 0.4) is 0 Å². The molecule has 1 spiro atoms. The molecule has 0 amide bonds. The summed E-state index contributed by atoms with van der Waals surface area (Å²) in [6.45, 7) is 2.21. The van der Waals surface area contributed by atoms with Gasteiger partial charge in [0, 0.05) is 18.5 Å². The maximum absolute atomic E-state index is 12.7. The van der Waals surface area contributed by atoms with Crippen molar-refractivity contribution in [3.63, 3.8) is 0 Å². The zero-order chi connectivity index (χ0) is 16.1. The average molecular weight is 324 g/mol. The highest BCUT2D eigenvalue weighted by Gasteiger charge is 2.44. The molecule has 2 fully saturated rings. The number of aromatic nitrogens is 3. The summed E-state index contributed by atoms with van der Waals surface area (Å²) in [6, 6.07) is 0.983. The van der Waals surface area contributed by atoms with Crippen molar-refractivity contribution in [1.82, 2.24) is 19.9 Å². The number of halogens is 3. The van der Waals surface area contributed by atoms with Crippen LogP contribution in [-0.2, 0) is 12.6 Å². The van der Waals surface area contributed by atoms with Gasteiger partial charge in [0.2, 0.25) is 0 Å². The monoisotopic (exact) mass is 324 g/mol. The zero-order valence-corrected chi connectivity index (χ0v) is 12.7. The van der Waals surface area contributed by atoms with Crippen LogP contribution in [0.2, 0.25) is 0 Å². The molecule has 3 heterocycles. The van der Waals surface area contributed by atoms with E-state index in [1.54, 1.807) is 12.4 Å². The van der Waals surface area contributed by atoms with Gasteiger partial charge in [-0.1, -0.05) is 0 Å². The number of alkyl halides is 3. The van der Waals surface area contributed by atoms with Gasteiger partial charge in [-0.15, -0.1) is 0 Å². The van der Waals surface area contributed by atoms with Gasteiger partial charge in [0.25, 0.3) is 0 Å². The molecule has 1 saturated heterocycles. The molecule has 2 aromatic rings.